The van der Waals surface area contributed by atoms with Gasteiger partial charge >= 0.3 is 5.97 Å². The summed E-state index contributed by atoms with van der Waals surface area (Å²) < 4.78 is 0. The Morgan fingerprint density at radius 2 is 2.41 bits per heavy atom. The topological polar surface area (TPSA) is 63.1 Å². The van der Waals surface area contributed by atoms with E-state index in [0.29, 0.717) is 5.15 Å². The Balaban J connectivity index is 2.18. The van der Waals surface area contributed by atoms with E-state index in [2.05, 4.69) is 9.97 Å². The maximum atomic E-state index is 10.8. The molecule has 1 aliphatic carbocycles. The predicted octanol–water partition coefficient (Wildman–Crippen LogP) is 2.85. The molecule has 3 rings (SSSR count). The minimum absolute atomic E-state index is 0.0553. The van der Waals surface area contributed by atoms with Gasteiger partial charge < -0.3 is 5.11 Å². The predicted molar refractivity (Wildman–Crippen MR) is 65.7 cm³/mol. The molecular weight excluding hydrogens is 260 g/mol. The molecular formula is C11H9ClN2O2S. The monoisotopic (exact) mass is 268 g/mol. The molecule has 2 aromatic rings. The lowest BCUT2D eigenvalue weighted by Crippen LogP contribution is -2.03. The number of halogens is 1. The smallest absolute Gasteiger partial charge is 0.303 e. The number of hydrogen-bond acceptors (Lipinski definition) is 4. The van der Waals surface area contributed by atoms with E-state index >= 15 is 0 Å². The van der Waals surface area contributed by atoms with Crippen LogP contribution in [0.25, 0.3) is 10.2 Å². The first-order valence-electron chi connectivity index (χ1n) is 5.30. The summed E-state index contributed by atoms with van der Waals surface area (Å²) in [7, 11) is 0. The number of hydrogen-bond donors (Lipinski definition) is 1. The minimum atomic E-state index is -0.768. The maximum absolute atomic E-state index is 10.8. The first kappa shape index (κ1) is 10.9. The molecule has 1 atom stereocenters. The van der Waals surface area contributed by atoms with E-state index in [4.69, 9.17) is 16.7 Å². The van der Waals surface area contributed by atoms with Crippen LogP contribution in [0, 0.1) is 0 Å². The fourth-order valence-electron chi connectivity index (χ4n) is 2.45. The molecule has 1 aliphatic rings. The zero-order chi connectivity index (χ0) is 12.0. The van der Waals surface area contributed by atoms with Crippen molar-refractivity contribution in [2.24, 2.45) is 0 Å². The first-order chi connectivity index (χ1) is 8.16. The molecule has 2 heterocycles. The van der Waals surface area contributed by atoms with Crippen LogP contribution in [0.5, 0.6) is 0 Å². The van der Waals surface area contributed by atoms with Gasteiger partial charge in [-0.1, -0.05) is 11.6 Å². The van der Waals surface area contributed by atoms with E-state index in [9.17, 15) is 4.79 Å². The molecule has 0 spiro atoms. The number of aromatic nitrogens is 2. The summed E-state index contributed by atoms with van der Waals surface area (Å²) >= 11 is 7.69. The van der Waals surface area contributed by atoms with Crippen molar-refractivity contribution in [3.8, 4) is 0 Å². The van der Waals surface area contributed by atoms with Crippen LogP contribution in [-0.4, -0.2) is 21.0 Å². The summed E-state index contributed by atoms with van der Waals surface area (Å²) in [5.74, 6) is -0.713. The zero-order valence-corrected chi connectivity index (χ0v) is 10.4. The summed E-state index contributed by atoms with van der Waals surface area (Å²) in [5, 5.41) is 10.2. The number of carbonyl (C=O) groups is 1. The second-order valence-electron chi connectivity index (χ2n) is 4.12. The van der Waals surface area contributed by atoms with E-state index in [1.54, 1.807) is 11.3 Å². The number of nitrogens with zero attached hydrogens (tertiary/aromatic N) is 2. The molecule has 1 N–H and O–H groups in total. The number of carboxylic acid groups (broad SMARTS) is 1. The molecule has 2 aromatic heterocycles. The van der Waals surface area contributed by atoms with Crippen LogP contribution in [0.15, 0.2) is 6.33 Å². The Morgan fingerprint density at radius 1 is 1.59 bits per heavy atom. The molecule has 0 saturated heterocycles. The number of aryl methyl sites for hydroxylation is 1. The first-order valence-corrected chi connectivity index (χ1v) is 6.50. The summed E-state index contributed by atoms with van der Waals surface area (Å²) in [4.78, 5) is 21.1. The van der Waals surface area contributed by atoms with Gasteiger partial charge in [0.05, 0.1) is 11.8 Å². The largest absolute Gasteiger partial charge is 0.481 e. The normalized spacial score (nSPS) is 18.5. The van der Waals surface area contributed by atoms with Crippen LogP contribution in [0.3, 0.4) is 0 Å². The third-order valence-electron chi connectivity index (χ3n) is 3.10. The Morgan fingerprint density at radius 3 is 3.18 bits per heavy atom. The summed E-state index contributed by atoms with van der Waals surface area (Å²) in [5.41, 5.74) is 1.07. The van der Waals surface area contributed by atoms with Crippen molar-refractivity contribution in [1.82, 2.24) is 9.97 Å². The molecule has 0 radical (unpaired) electrons. The average Bonchev–Trinajstić information content (AvgIpc) is 2.78. The van der Waals surface area contributed by atoms with Crippen molar-refractivity contribution in [1.29, 1.82) is 0 Å². The highest BCUT2D eigenvalue weighted by Crippen LogP contribution is 2.46. The Kier molecular flexibility index (Phi) is 2.52. The van der Waals surface area contributed by atoms with Crippen LogP contribution >= 0.6 is 22.9 Å². The standard InChI is InChI=1S/C11H9ClN2O2S/c12-10-9-8-5(3-7(15)16)1-2-6(8)17-11(9)14-4-13-10/h4-5H,1-3H2,(H,15,16)/t5-/m1/s1. The van der Waals surface area contributed by atoms with Crippen LogP contribution in [0.2, 0.25) is 5.15 Å². The van der Waals surface area contributed by atoms with Gasteiger partial charge in [-0.25, -0.2) is 9.97 Å². The molecule has 0 bridgehead atoms. The minimum Gasteiger partial charge on any atom is -0.481 e. The number of thiophene rings is 1. The van der Waals surface area contributed by atoms with E-state index in [1.165, 1.54) is 11.2 Å². The highest BCUT2D eigenvalue weighted by molar-refractivity contribution is 7.19. The SMILES string of the molecule is O=C(O)C[C@H]1CCc2sc3ncnc(Cl)c3c21. The lowest BCUT2D eigenvalue weighted by molar-refractivity contribution is -0.137. The Hall–Kier alpha value is -1.20. The second kappa shape index (κ2) is 3.92. The van der Waals surface area contributed by atoms with Crippen LogP contribution < -0.4 is 0 Å². The van der Waals surface area contributed by atoms with Gasteiger partial charge in [-0.3, -0.25) is 4.79 Å². The van der Waals surface area contributed by atoms with Gasteiger partial charge in [0.1, 0.15) is 16.3 Å². The molecule has 0 fully saturated rings. The molecule has 6 heteroatoms. The van der Waals surface area contributed by atoms with E-state index in [-0.39, 0.29) is 12.3 Å². The molecule has 4 nitrogen and oxygen atoms in total. The van der Waals surface area contributed by atoms with Gasteiger partial charge in [-0.2, -0.15) is 0 Å². The van der Waals surface area contributed by atoms with Crippen LogP contribution in [-0.2, 0) is 11.2 Å². The zero-order valence-electron chi connectivity index (χ0n) is 8.81. The highest BCUT2D eigenvalue weighted by Gasteiger charge is 2.30. The number of carboxylic acids is 1. The van der Waals surface area contributed by atoms with Crippen molar-refractivity contribution in [2.75, 3.05) is 0 Å². The molecule has 0 aromatic carbocycles. The fourth-order valence-corrected chi connectivity index (χ4v) is 3.98. The van der Waals surface area contributed by atoms with Gasteiger partial charge in [-0.05, 0) is 24.3 Å². The van der Waals surface area contributed by atoms with E-state index in [0.717, 1.165) is 28.6 Å². The van der Waals surface area contributed by atoms with Crippen LogP contribution in [0.1, 0.15) is 29.2 Å². The summed E-state index contributed by atoms with van der Waals surface area (Å²) in [6, 6.07) is 0. The third kappa shape index (κ3) is 1.70. The van der Waals surface area contributed by atoms with E-state index in [1.807, 2.05) is 0 Å². The Labute approximate surface area is 106 Å². The molecule has 17 heavy (non-hydrogen) atoms. The fraction of sp³-hybridized carbons (Fsp3) is 0.364. The average molecular weight is 269 g/mol. The van der Waals surface area contributed by atoms with Gasteiger partial charge in [0.15, 0.2) is 0 Å². The third-order valence-corrected chi connectivity index (χ3v) is 4.56. The quantitative estimate of drug-likeness (QED) is 0.851. The van der Waals surface area contributed by atoms with E-state index < -0.39 is 5.97 Å². The van der Waals surface area contributed by atoms with Gasteiger partial charge in [-0.15, -0.1) is 11.3 Å². The second-order valence-corrected chi connectivity index (χ2v) is 5.56. The number of fused-ring (bicyclic) bond motifs is 3. The molecule has 0 amide bonds. The lowest BCUT2D eigenvalue weighted by atomic mass is 9.98. The van der Waals surface area contributed by atoms with Crippen molar-refractivity contribution < 1.29 is 9.90 Å². The van der Waals surface area contributed by atoms with Crippen molar-refractivity contribution in [3.05, 3.63) is 21.9 Å². The number of aliphatic carboxylic acids is 1. The number of rotatable bonds is 2. The summed E-state index contributed by atoms with van der Waals surface area (Å²) in [6.07, 6.45) is 3.41. The molecule has 88 valence electrons. The van der Waals surface area contributed by atoms with Crippen LogP contribution in [0.4, 0.5) is 0 Å². The maximum Gasteiger partial charge on any atom is 0.303 e. The molecule has 0 saturated carbocycles. The van der Waals surface area contributed by atoms with Crippen molar-refractivity contribution in [3.63, 3.8) is 0 Å². The van der Waals surface area contributed by atoms with Gasteiger partial charge in [0.2, 0.25) is 0 Å². The van der Waals surface area contributed by atoms with Gasteiger partial charge in [0, 0.05) is 4.88 Å². The van der Waals surface area contributed by atoms with Crippen molar-refractivity contribution >= 4 is 39.1 Å². The Bertz CT molecular complexity index is 611. The van der Waals surface area contributed by atoms with Gasteiger partial charge in [0.25, 0.3) is 0 Å². The highest BCUT2D eigenvalue weighted by atomic mass is 35.5. The lowest BCUT2D eigenvalue weighted by Gasteiger charge is -2.07. The summed E-state index contributed by atoms with van der Waals surface area (Å²) in [6.45, 7) is 0. The molecule has 0 unspecified atom stereocenters. The molecule has 0 aliphatic heterocycles. The van der Waals surface area contributed by atoms with Crippen molar-refractivity contribution in [2.45, 2.75) is 25.2 Å².